The highest BCUT2D eigenvalue weighted by Gasteiger charge is 2.16. The third-order valence-electron chi connectivity index (χ3n) is 4.38. The molecule has 3 rings (SSSR count). The van der Waals surface area contributed by atoms with Crippen molar-refractivity contribution in [3.63, 3.8) is 0 Å². The molecular formula is C22H23N3O5. The van der Waals surface area contributed by atoms with Gasteiger partial charge in [-0.1, -0.05) is 18.2 Å². The Morgan fingerprint density at radius 3 is 2.43 bits per heavy atom. The molecule has 0 saturated heterocycles. The van der Waals surface area contributed by atoms with E-state index in [0.29, 0.717) is 34.1 Å². The predicted octanol–water partition coefficient (Wildman–Crippen LogP) is 3.18. The standard InChI is InChI=1S/C22H23N3O5/c1-14(30-17-9-5-7-15-8-6-10-23-21(15)17)22(26)25-24-13-16-11-19(28-3)20(29-4)12-18(16)27-2/h5-14H,1-4H3,(H,25,26). The molecule has 0 saturated carbocycles. The molecule has 3 aromatic rings. The summed E-state index contributed by atoms with van der Waals surface area (Å²) in [6, 6.07) is 12.7. The van der Waals surface area contributed by atoms with Crippen molar-refractivity contribution in [1.82, 2.24) is 10.4 Å². The number of carbonyl (C=O) groups excluding carboxylic acids is 1. The quantitative estimate of drug-likeness (QED) is 0.454. The third-order valence-corrected chi connectivity index (χ3v) is 4.38. The number of hydrazone groups is 1. The average Bonchev–Trinajstić information content (AvgIpc) is 2.78. The number of hydrogen-bond donors (Lipinski definition) is 1. The highest BCUT2D eigenvalue weighted by atomic mass is 16.5. The van der Waals surface area contributed by atoms with Crippen LogP contribution in [0.25, 0.3) is 10.9 Å². The van der Waals surface area contributed by atoms with E-state index < -0.39 is 12.0 Å². The van der Waals surface area contributed by atoms with Gasteiger partial charge in [-0.25, -0.2) is 5.43 Å². The molecule has 0 radical (unpaired) electrons. The van der Waals surface area contributed by atoms with E-state index in [9.17, 15) is 4.79 Å². The lowest BCUT2D eigenvalue weighted by Crippen LogP contribution is -2.33. The molecular weight excluding hydrogens is 386 g/mol. The van der Waals surface area contributed by atoms with Crippen molar-refractivity contribution in [3.8, 4) is 23.0 Å². The summed E-state index contributed by atoms with van der Waals surface area (Å²) in [4.78, 5) is 16.7. The van der Waals surface area contributed by atoms with Gasteiger partial charge in [-0.2, -0.15) is 5.10 Å². The number of rotatable bonds is 8. The molecule has 2 aromatic carbocycles. The number of para-hydroxylation sites is 1. The molecule has 1 amide bonds. The second kappa shape index (κ2) is 9.60. The molecule has 30 heavy (non-hydrogen) atoms. The van der Waals surface area contributed by atoms with Gasteiger partial charge in [0.1, 0.15) is 17.0 Å². The molecule has 156 valence electrons. The lowest BCUT2D eigenvalue weighted by molar-refractivity contribution is -0.127. The van der Waals surface area contributed by atoms with Crippen molar-refractivity contribution in [1.29, 1.82) is 0 Å². The number of pyridine rings is 1. The minimum atomic E-state index is -0.776. The number of hydrogen-bond acceptors (Lipinski definition) is 7. The lowest BCUT2D eigenvalue weighted by Gasteiger charge is -2.14. The van der Waals surface area contributed by atoms with Crippen LogP contribution in [0.1, 0.15) is 12.5 Å². The topological polar surface area (TPSA) is 91.3 Å². The van der Waals surface area contributed by atoms with Crippen LogP contribution in [0.2, 0.25) is 0 Å². The van der Waals surface area contributed by atoms with E-state index in [4.69, 9.17) is 18.9 Å². The number of methoxy groups -OCH3 is 3. The average molecular weight is 409 g/mol. The minimum absolute atomic E-state index is 0.404. The van der Waals surface area contributed by atoms with Gasteiger partial charge < -0.3 is 18.9 Å². The maximum atomic E-state index is 12.4. The zero-order chi connectivity index (χ0) is 21.5. The van der Waals surface area contributed by atoms with Crippen molar-refractivity contribution >= 4 is 23.0 Å². The van der Waals surface area contributed by atoms with Gasteiger partial charge in [0, 0.05) is 23.2 Å². The summed E-state index contributed by atoms with van der Waals surface area (Å²) in [5.41, 5.74) is 3.78. The lowest BCUT2D eigenvalue weighted by atomic mass is 10.2. The summed E-state index contributed by atoms with van der Waals surface area (Å²) in [7, 11) is 4.61. The van der Waals surface area contributed by atoms with Crippen LogP contribution >= 0.6 is 0 Å². The van der Waals surface area contributed by atoms with Gasteiger partial charge in [-0.05, 0) is 25.1 Å². The molecule has 0 aliphatic rings. The number of aromatic nitrogens is 1. The van der Waals surface area contributed by atoms with Gasteiger partial charge in [0.05, 0.1) is 27.5 Å². The van der Waals surface area contributed by atoms with Gasteiger partial charge >= 0.3 is 0 Å². The smallest absolute Gasteiger partial charge is 0.280 e. The first-order valence-electron chi connectivity index (χ1n) is 9.20. The molecule has 0 spiro atoms. The van der Waals surface area contributed by atoms with E-state index in [1.54, 1.807) is 31.3 Å². The Morgan fingerprint density at radius 1 is 1.00 bits per heavy atom. The molecule has 1 atom stereocenters. The number of fused-ring (bicyclic) bond motifs is 1. The Bertz CT molecular complexity index is 1060. The van der Waals surface area contributed by atoms with E-state index in [0.717, 1.165) is 5.39 Å². The maximum Gasteiger partial charge on any atom is 0.280 e. The van der Waals surface area contributed by atoms with Crippen LogP contribution in [-0.4, -0.2) is 44.5 Å². The van der Waals surface area contributed by atoms with E-state index in [1.165, 1.54) is 27.5 Å². The molecule has 0 aliphatic heterocycles. The number of amides is 1. The zero-order valence-corrected chi connectivity index (χ0v) is 17.2. The maximum absolute atomic E-state index is 12.4. The van der Waals surface area contributed by atoms with Crippen LogP contribution in [0.5, 0.6) is 23.0 Å². The van der Waals surface area contributed by atoms with Crippen molar-refractivity contribution in [2.75, 3.05) is 21.3 Å². The molecule has 0 fully saturated rings. The fourth-order valence-electron chi connectivity index (χ4n) is 2.83. The molecule has 1 heterocycles. The van der Waals surface area contributed by atoms with Crippen molar-refractivity contribution in [2.24, 2.45) is 5.10 Å². The van der Waals surface area contributed by atoms with Crippen LogP contribution < -0.4 is 24.4 Å². The van der Waals surface area contributed by atoms with Crippen molar-refractivity contribution in [3.05, 3.63) is 54.2 Å². The van der Waals surface area contributed by atoms with Gasteiger partial charge in [0.15, 0.2) is 17.6 Å². The van der Waals surface area contributed by atoms with Crippen LogP contribution in [0.15, 0.2) is 53.8 Å². The number of carbonyl (C=O) groups is 1. The largest absolute Gasteiger partial charge is 0.496 e. The molecule has 1 unspecified atom stereocenters. The monoisotopic (exact) mass is 409 g/mol. The van der Waals surface area contributed by atoms with Gasteiger partial charge in [-0.15, -0.1) is 0 Å². The summed E-state index contributed by atoms with van der Waals surface area (Å²) in [5.74, 6) is 1.70. The molecule has 8 heteroatoms. The summed E-state index contributed by atoms with van der Waals surface area (Å²) in [6.45, 7) is 1.64. The number of benzene rings is 2. The zero-order valence-electron chi connectivity index (χ0n) is 17.2. The van der Waals surface area contributed by atoms with Gasteiger partial charge in [-0.3, -0.25) is 9.78 Å². The predicted molar refractivity (Wildman–Crippen MR) is 114 cm³/mol. The van der Waals surface area contributed by atoms with E-state index in [-0.39, 0.29) is 0 Å². The molecule has 1 N–H and O–H groups in total. The highest BCUT2D eigenvalue weighted by Crippen LogP contribution is 2.33. The summed E-state index contributed by atoms with van der Waals surface area (Å²) >= 11 is 0. The van der Waals surface area contributed by atoms with Crippen LogP contribution in [0.3, 0.4) is 0 Å². The molecule has 0 bridgehead atoms. The summed E-state index contributed by atoms with van der Waals surface area (Å²) in [5, 5.41) is 4.94. The Morgan fingerprint density at radius 2 is 1.70 bits per heavy atom. The number of nitrogens with one attached hydrogen (secondary N) is 1. The first-order chi connectivity index (χ1) is 14.6. The van der Waals surface area contributed by atoms with Crippen LogP contribution in [0, 0.1) is 0 Å². The molecule has 1 aromatic heterocycles. The number of ether oxygens (including phenoxy) is 4. The third kappa shape index (κ3) is 4.60. The normalized spacial score (nSPS) is 11.9. The van der Waals surface area contributed by atoms with Gasteiger partial charge in [0.2, 0.25) is 0 Å². The van der Waals surface area contributed by atoms with E-state index in [1.807, 2.05) is 24.3 Å². The fraction of sp³-hybridized carbons (Fsp3) is 0.227. The van der Waals surface area contributed by atoms with E-state index >= 15 is 0 Å². The Balaban J connectivity index is 1.70. The highest BCUT2D eigenvalue weighted by molar-refractivity contribution is 5.88. The van der Waals surface area contributed by atoms with Crippen molar-refractivity contribution in [2.45, 2.75) is 13.0 Å². The summed E-state index contributed by atoms with van der Waals surface area (Å²) < 4.78 is 21.7. The molecule has 8 nitrogen and oxygen atoms in total. The number of nitrogens with zero attached hydrogens (tertiary/aromatic N) is 2. The SMILES string of the molecule is COc1cc(OC)c(OC)cc1C=NNC(=O)C(C)Oc1cccc2cccnc12. The second-order valence-electron chi connectivity index (χ2n) is 6.27. The van der Waals surface area contributed by atoms with Gasteiger partial charge in [0.25, 0.3) is 5.91 Å². The molecule has 0 aliphatic carbocycles. The second-order valence-corrected chi connectivity index (χ2v) is 6.27. The van der Waals surface area contributed by atoms with Crippen LogP contribution in [0.4, 0.5) is 0 Å². The first-order valence-corrected chi connectivity index (χ1v) is 9.20. The van der Waals surface area contributed by atoms with Crippen LogP contribution in [-0.2, 0) is 4.79 Å². The Labute approximate surface area is 174 Å². The fourth-order valence-corrected chi connectivity index (χ4v) is 2.83. The summed E-state index contributed by atoms with van der Waals surface area (Å²) in [6.07, 6.45) is 2.37. The van der Waals surface area contributed by atoms with Crippen molar-refractivity contribution < 1.29 is 23.7 Å². The first kappa shape index (κ1) is 20.9. The van der Waals surface area contributed by atoms with E-state index in [2.05, 4.69) is 15.5 Å². The Kier molecular flexibility index (Phi) is 6.69. The minimum Gasteiger partial charge on any atom is -0.496 e. The Hall–Kier alpha value is -3.81.